The zero-order valence-electron chi connectivity index (χ0n) is 42.0. The second-order valence-corrected chi connectivity index (χ2v) is 18.1. The van der Waals surface area contributed by atoms with Crippen molar-refractivity contribution in [2.45, 2.75) is 145 Å². The highest BCUT2D eigenvalue weighted by Crippen LogP contribution is 2.21. The van der Waals surface area contributed by atoms with Gasteiger partial charge in [0.05, 0.1) is 43.6 Å². The number of aromatic nitrogens is 2. The first-order valence-electron chi connectivity index (χ1n) is 25.1. The first kappa shape index (κ1) is 63.7. The molecule has 29 nitrogen and oxygen atoms in total. The molecule has 0 spiro atoms. The first-order chi connectivity index (χ1) is 35.3. The third kappa shape index (κ3) is 22.8. The highest BCUT2D eigenvalue weighted by atomic mass is 16.4. The number of ketones is 1. The number of carboxylic acids is 1. The Morgan fingerprint density at radius 3 is 2.03 bits per heavy atom. The molecule has 2 heterocycles. The number of nitrogens with zero attached hydrogens (tertiary/aromatic N) is 2. The van der Waals surface area contributed by atoms with Crippen molar-refractivity contribution in [3.63, 3.8) is 0 Å². The van der Waals surface area contributed by atoms with Crippen molar-refractivity contribution in [2.24, 2.45) is 40.3 Å². The van der Waals surface area contributed by atoms with Crippen molar-refractivity contribution >= 4 is 59.1 Å². The highest BCUT2D eigenvalue weighted by molar-refractivity contribution is 5.97. The minimum absolute atomic E-state index is 0.0119. The number of aromatic amines is 1. The van der Waals surface area contributed by atoms with Gasteiger partial charge in [-0.25, -0.2) is 4.98 Å². The quantitative estimate of drug-likeness (QED) is 0.0166. The lowest BCUT2D eigenvalue weighted by molar-refractivity contribution is -0.143. The summed E-state index contributed by atoms with van der Waals surface area (Å²) in [5.41, 5.74) is 34.2. The van der Waals surface area contributed by atoms with Crippen molar-refractivity contribution in [1.29, 1.82) is 5.41 Å². The van der Waals surface area contributed by atoms with E-state index in [0.717, 1.165) is 0 Å². The van der Waals surface area contributed by atoms with Crippen molar-refractivity contribution in [1.82, 2.24) is 52.1 Å². The fraction of sp³-hybridized carbons (Fsp3) is 0.711. The molecule has 7 amide bonds. The molecule has 1 fully saturated rings. The molecule has 1 aromatic heterocycles. The number of nitrogens with one attached hydrogen (secondary N) is 9. The third-order valence-corrected chi connectivity index (χ3v) is 12.3. The van der Waals surface area contributed by atoms with Gasteiger partial charge in [0.15, 0.2) is 11.7 Å². The maximum Gasteiger partial charge on any atom is 0.306 e. The van der Waals surface area contributed by atoms with E-state index in [2.05, 4.69) is 47.2 Å². The van der Waals surface area contributed by atoms with Crippen LogP contribution >= 0.6 is 0 Å². The molecule has 74 heavy (non-hydrogen) atoms. The minimum atomic E-state index is -1.67. The number of carbonyl (C=O) groups is 9. The number of aliphatic carboxylic acids is 1. The summed E-state index contributed by atoms with van der Waals surface area (Å²) in [4.78, 5) is 128. The second-order valence-electron chi connectivity index (χ2n) is 18.1. The molecule has 0 aliphatic carbocycles. The Balaban J connectivity index is 2.19. The Labute approximate surface area is 429 Å². The predicted molar refractivity (Wildman–Crippen MR) is 268 cm³/mol. The zero-order chi connectivity index (χ0) is 55.2. The number of aliphatic hydroxyl groups is 2. The lowest BCUT2D eigenvalue weighted by Gasteiger charge is -2.30. The molecule has 0 bridgehead atoms. The molecule has 9 atom stereocenters. The number of carbonyl (C=O) groups excluding carboxylic acids is 8. The standard InChI is InChI=1S/C45H81N17O12/c46-15-3-1-9-28(50)38(67)61-37(35(65)21-49)42(71)60-32(24-63)39(68)55-23-36(66)57-30(11-5-17-48)43(72)62-19-7-12-33(62)41(70)59-31(20-27-22-53-25-56-27)40(69)58-29(10-2-4-16-47)34(64)14-13-26(44(73)74)8-6-18-54-45(51)52/h22,25-26,28-33,35,37,63,65H,1-21,23-24,46-50H2,(H,53,56)(H,55,68)(H,57,66)(H,58,69)(H,59,70)(H,60,71)(H,61,67)(H,73,74)(H4,51,52,54)/t26?,28-,29-,30+,31-,32-,33-,35-,37-/m0/s1. The second kappa shape index (κ2) is 34.9. The number of Topliss-reactive ketones (excluding diaryl/α,β-unsaturated/α-hetero) is 1. The van der Waals surface area contributed by atoms with Crippen LogP contribution in [0.2, 0.25) is 0 Å². The lowest BCUT2D eigenvalue weighted by Crippen LogP contribution is -2.61. The molecule has 0 radical (unpaired) electrons. The smallest absolute Gasteiger partial charge is 0.306 e. The van der Waals surface area contributed by atoms with Crippen molar-refractivity contribution in [3.8, 4) is 0 Å². The number of likely N-dealkylation sites (tertiary alicyclic amines) is 1. The maximum atomic E-state index is 14.2. The SMILES string of the molecule is N=C(N)NCCCC(CCC(=O)[C@H](CCCCN)NC(=O)[C@H](Cc1cnc[nH]1)NC(=O)[C@@H]1CCCN1C(=O)[C@@H](CCCN)NC(=O)CNC(=O)[C@H](CO)NC(=O)[C@@H](NC(=O)[C@@H](N)CCCCN)[C@@H](O)CN)C(=O)O. The monoisotopic (exact) mass is 1050 g/mol. The van der Waals surface area contributed by atoms with Crippen molar-refractivity contribution in [2.75, 3.05) is 52.4 Å². The van der Waals surface area contributed by atoms with E-state index in [-0.39, 0.29) is 83.4 Å². The number of nitrogens with two attached hydrogens (primary N) is 6. The van der Waals surface area contributed by atoms with Crippen LogP contribution in [0, 0.1) is 11.3 Å². The third-order valence-electron chi connectivity index (χ3n) is 12.3. The van der Waals surface area contributed by atoms with Crippen LogP contribution in [0.1, 0.15) is 95.6 Å². The Bertz CT molecular complexity index is 1960. The van der Waals surface area contributed by atoms with Crippen LogP contribution in [0.15, 0.2) is 12.5 Å². The summed E-state index contributed by atoms with van der Waals surface area (Å²) in [6.07, 6.45) is 4.88. The van der Waals surface area contributed by atoms with Crippen LogP contribution in [0.3, 0.4) is 0 Å². The number of amides is 7. The molecule has 1 saturated heterocycles. The van der Waals surface area contributed by atoms with E-state index in [1.165, 1.54) is 17.4 Å². The summed E-state index contributed by atoms with van der Waals surface area (Å²) in [5, 5.41) is 54.9. The largest absolute Gasteiger partial charge is 0.481 e. The summed E-state index contributed by atoms with van der Waals surface area (Å²) in [7, 11) is 0. The number of H-pyrrole nitrogens is 1. The van der Waals surface area contributed by atoms with Gasteiger partial charge in [0.2, 0.25) is 41.4 Å². The molecule has 1 aliphatic rings. The Morgan fingerprint density at radius 1 is 0.757 bits per heavy atom. The van der Waals surface area contributed by atoms with Crippen LogP contribution in [0.5, 0.6) is 0 Å². The molecule has 418 valence electrons. The summed E-state index contributed by atoms with van der Waals surface area (Å²) in [6, 6.07) is -9.08. The van der Waals surface area contributed by atoms with Crippen LogP contribution in [-0.4, -0.2) is 190 Å². The molecule has 0 aromatic carbocycles. The van der Waals surface area contributed by atoms with E-state index in [4.69, 9.17) is 39.8 Å². The molecule has 29 heteroatoms. The van der Waals surface area contributed by atoms with Gasteiger partial charge in [-0.1, -0.05) is 6.42 Å². The number of carboxylic acid groups (broad SMARTS) is 1. The van der Waals surface area contributed by atoms with E-state index in [0.29, 0.717) is 57.3 Å². The van der Waals surface area contributed by atoms with E-state index >= 15 is 0 Å². The molecule has 1 aromatic rings. The molecule has 2 rings (SSSR count). The number of hydrogen-bond donors (Lipinski definition) is 18. The van der Waals surface area contributed by atoms with Crippen molar-refractivity contribution in [3.05, 3.63) is 18.2 Å². The molecular formula is C45H81N17O12. The Hall–Kier alpha value is -6.37. The number of aliphatic hydroxyl groups excluding tert-OH is 2. The average Bonchev–Trinajstić information content (AvgIpc) is 4.09. The van der Waals surface area contributed by atoms with Crippen LogP contribution in [-0.2, 0) is 49.6 Å². The van der Waals surface area contributed by atoms with Gasteiger partial charge in [-0.2, -0.15) is 0 Å². The number of imidazole rings is 1. The number of unbranched alkanes of at least 4 members (excludes halogenated alkanes) is 2. The van der Waals surface area contributed by atoms with Gasteiger partial charge in [-0.3, -0.25) is 48.6 Å². The Kier molecular flexibility index (Phi) is 30.1. The molecule has 0 saturated carbocycles. The van der Waals surface area contributed by atoms with Gasteiger partial charge in [-0.15, -0.1) is 0 Å². The highest BCUT2D eigenvalue weighted by Gasteiger charge is 2.40. The topological polar surface area (TPSA) is 510 Å². The molecule has 1 aliphatic heterocycles. The summed E-state index contributed by atoms with van der Waals surface area (Å²) >= 11 is 0. The Morgan fingerprint density at radius 2 is 1.42 bits per heavy atom. The summed E-state index contributed by atoms with van der Waals surface area (Å²) < 4.78 is 0. The fourth-order valence-corrected chi connectivity index (χ4v) is 8.07. The number of rotatable bonds is 38. The van der Waals surface area contributed by atoms with Gasteiger partial charge in [-0.05, 0) is 96.7 Å². The van der Waals surface area contributed by atoms with Crippen LogP contribution < -0.4 is 71.6 Å². The summed E-state index contributed by atoms with van der Waals surface area (Å²) in [5.74, 6) is -8.51. The lowest BCUT2D eigenvalue weighted by atomic mass is 9.93. The van der Waals surface area contributed by atoms with Gasteiger partial charge in [0.1, 0.15) is 30.2 Å². The van der Waals surface area contributed by atoms with E-state index in [1.54, 1.807) is 0 Å². The van der Waals surface area contributed by atoms with E-state index in [9.17, 15) is 58.5 Å². The molecule has 24 N–H and O–H groups in total. The zero-order valence-corrected chi connectivity index (χ0v) is 42.0. The van der Waals surface area contributed by atoms with Gasteiger partial charge in [0.25, 0.3) is 0 Å². The number of hydrogen-bond acceptors (Lipinski definition) is 18. The van der Waals surface area contributed by atoms with E-state index < -0.39 is 127 Å². The van der Waals surface area contributed by atoms with Gasteiger partial charge in [0, 0.05) is 44.4 Å². The van der Waals surface area contributed by atoms with Gasteiger partial charge < -0.3 is 96.8 Å². The normalized spacial score (nSPS) is 16.5. The van der Waals surface area contributed by atoms with Crippen LogP contribution in [0.4, 0.5) is 0 Å². The predicted octanol–water partition coefficient (Wildman–Crippen LogP) is -6.57. The first-order valence-corrected chi connectivity index (χ1v) is 25.1. The maximum absolute atomic E-state index is 14.2. The number of guanidine groups is 1. The van der Waals surface area contributed by atoms with E-state index in [1.807, 2.05) is 0 Å². The molecule has 1 unspecified atom stereocenters. The minimum Gasteiger partial charge on any atom is -0.481 e. The fourth-order valence-electron chi connectivity index (χ4n) is 8.07. The van der Waals surface area contributed by atoms with Crippen LogP contribution in [0.25, 0.3) is 0 Å². The summed E-state index contributed by atoms with van der Waals surface area (Å²) in [6.45, 7) is -0.990. The molecular weight excluding hydrogens is 971 g/mol. The van der Waals surface area contributed by atoms with Crippen molar-refractivity contribution < 1.29 is 58.5 Å². The average molecular weight is 1050 g/mol. The van der Waals surface area contributed by atoms with Gasteiger partial charge >= 0.3 is 5.97 Å².